The van der Waals surface area contributed by atoms with Crippen molar-refractivity contribution < 1.29 is 4.79 Å². The van der Waals surface area contributed by atoms with E-state index in [4.69, 9.17) is 0 Å². The predicted octanol–water partition coefficient (Wildman–Crippen LogP) is 0.902. The number of carbonyl (C=O) groups excluding carboxylic acids is 1. The number of carbonyl (C=O) groups is 1. The fraction of sp³-hybridized carbons (Fsp3) is 0.909. The molecule has 0 aromatic heterocycles. The zero-order valence-electron chi connectivity index (χ0n) is 8.94. The molecule has 3 nitrogen and oxygen atoms in total. The van der Waals surface area contributed by atoms with E-state index in [1.54, 1.807) is 0 Å². The second kappa shape index (κ2) is 3.89. The maximum absolute atomic E-state index is 11.8. The average Bonchev–Trinajstić information content (AvgIpc) is 2.83. The zero-order valence-corrected chi connectivity index (χ0v) is 8.94. The summed E-state index contributed by atoms with van der Waals surface area (Å²) in [7, 11) is 1.92. The Labute approximate surface area is 85.6 Å². The van der Waals surface area contributed by atoms with Crippen LogP contribution in [-0.2, 0) is 4.79 Å². The van der Waals surface area contributed by atoms with Gasteiger partial charge in [0.1, 0.15) is 0 Å². The van der Waals surface area contributed by atoms with Crippen LogP contribution in [0.3, 0.4) is 0 Å². The summed E-state index contributed by atoms with van der Waals surface area (Å²) in [5.74, 6) is 1.04. The number of rotatable bonds is 5. The second-order valence-electron chi connectivity index (χ2n) is 4.82. The van der Waals surface area contributed by atoms with E-state index in [-0.39, 0.29) is 11.3 Å². The minimum atomic E-state index is -0.0432. The van der Waals surface area contributed by atoms with Gasteiger partial charge >= 0.3 is 0 Å². The molecule has 0 aromatic rings. The van der Waals surface area contributed by atoms with E-state index in [9.17, 15) is 4.79 Å². The molecule has 1 amide bonds. The van der Waals surface area contributed by atoms with E-state index in [1.807, 2.05) is 7.05 Å². The van der Waals surface area contributed by atoms with Gasteiger partial charge in [0.25, 0.3) is 0 Å². The first-order chi connectivity index (χ1) is 6.77. The molecule has 0 saturated heterocycles. The first-order valence-electron chi connectivity index (χ1n) is 5.70. The highest BCUT2D eigenvalue weighted by molar-refractivity contribution is 5.85. The summed E-state index contributed by atoms with van der Waals surface area (Å²) in [6.07, 6.45) is 6.08. The zero-order chi connectivity index (χ0) is 10.0. The molecule has 2 fully saturated rings. The van der Waals surface area contributed by atoms with E-state index >= 15 is 0 Å². The van der Waals surface area contributed by atoms with Crippen LogP contribution in [0.1, 0.15) is 32.1 Å². The summed E-state index contributed by atoms with van der Waals surface area (Å²) in [5, 5.41) is 6.20. The highest BCUT2D eigenvalue weighted by atomic mass is 16.2. The van der Waals surface area contributed by atoms with Crippen molar-refractivity contribution in [3.05, 3.63) is 0 Å². The Balaban J connectivity index is 1.71. The lowest BCUT2D eigenvalue weighted by Crippen LogP contribution is -2.40. The van der Waals surface area contributed by atoms with Crippen molar-refractivity contribution in [2.75, 3.05) is 20.1 Å². The number of hydrogen-bond donors (Lipinski definition) is 2. The van der Waals surface area contributed by atoms with Crippen molar-refractivity contribution in [2.24, 2.45) is 11.3 Å². The summed E-state index contributed by atoms with van der Waals surface area (Å²) >= 11 is 0. The van der Waals surface area contributed by atoms with Crippen LogP contribution in [0.15, 0.2) is 0 Å². The quantitative estimate of drug-likeness (QED) is 0.686. The molecule has 0 atom stereocenters. The van der Waals surface area contributed by atoms with Crippen molar-refractivity contribution in [2.45, 2.75) is 32.1 Å². The minimum absolute atomic E-state index is 0.0432. The van der Waals surface area contributed by atoms with E-state index in [1.165, 1.54) is 19.3 Å². The van der Waals surface area contributed by atoms with E-state index in [0.29, 0.717) is 0 Å². The van der Waals surface area contributed by atoms with Gasteiger partial charge in [0.2, 0.25) is 5.91 Å². The summed E-state index contributed by atoms with van der Waals surface area (Å²) < 4.78 is 0. The third-order valence-corrected chi connectivity index (χ3v) is 3.63. The molecule has 80 valence electrons. The highest BCUT2D eigenvalue weighted by Crippen LogP contribution is 2.45. The Hall–Kier alpha value is -0.570. The highest BCUT2D eigenvalue weighted by Gasteiger charge is 2.49. The molecule has 0 heterocycles. The van der Waals surface area contributed by atoms with Crippen LogP contribution in [0.4, 0.5) is 0 Å². The maximum Gasteiger partial charge on any atom is 0.227 e. The summed E-state index contributed by atoms with van der Waals surface area (Å²) in [6.45, 7) is 1.74. The van der Waals surface area contributed by atoms with E-state index in [0.717, 1.165) is 31.8 Å². The van der Waals surface area contributed by atoms with Gasteiger partial charge in [-0.15, -0.1) is 0 Å². The van der Waals surface area contributed by atoms with Crippen molar-refractivity contribution in [1.29, 1.82) is 0 Å². The molecule has 14 heavy (non-hydrogen) atoms. The Kier molecular flexibility index (Phi) is 2.77. The lowest BCUT2D eigenvalue weighted by Gasteiger charge is -2.26. The fourth-order valence-corrected chi connectivity index (χ4v) is 2.09. The van der Waals surface area contributed by atoms with E-state index < -0.39 is 0 Å². The average molecular weight is 196 g/mol. The molecular formula is C11H20N2O. The topological polar surface area (TPSA) is 41.1 Å². The molecule has 2 aliphatic carbocycles. The van der Waals surface area contributed by atoms with Gasteiger partial charge < -0.3 is 10.6 Å². The molecule has 0 unspecified atom stereocenters. The van der Waals surface area contributed by atoms with Crippen molar-refractivity contribution in [1.82, 2.24) is 10.6 Å². The van der Waals surface area contributed by atoms with Crippen LogP contribution < -0.4 is 10.6 Å². The van der Waals surface area contributed by atoms with Gasteiger partial charge in [0.15, 0.2) is 0 Å². The minimum Gasteiger partial charge on any atom is -0.355 e. The van der Waals surface area contributed by atoms with Gasteiger partial charge in [0, 0.05) is 13.1 Å². The molecular weight excluding hydrogens is 176 g/mol. The van der Waals surface area contributed by atoms with Crippen LogP contribution in [-0.4, -0.2) is 26.0 Å². The lowest BCUT2D eigenvalue weighted by atomic mass is 9.85. The molecule has 2 aliphatic rings. The van der Waals surface area contributed by atoms with Crippen molar-refractivity contribution in [3.63, 3.8) is 0 Å². The molecule has 0 spiro atoms. The Morgan fingerprint density at radius 1 is 1.43 bits per heavy atom. The Morgan fingerprint density at radius 3 is 2.57 bits per heavy atom. The van der Waals surface area contributed by atoms with Crippen LogP contribution in [0.25, 0.3) is 0 Å². The third-order valence-electron chi connectivity index (χ3n) is 3.63. The molecule has 2 saturated carbocycles. The molecule has 0 aliphatic heterocycles. The molecule has 0 radical (unpaired) electrons. The molecule has 2 rings (SSSR count). The largest absolute Gasteiger partial charge is 0.355 e. The van der Waals surface area contributed by atoms with Crippen LogP contribution >= 0.6 is 0 Å². The van der Waals surface area contributed by atoms with Gasteiger partial charge in [0.05, 0.1) is 5.41 Å². The number of hydrogen-bond acceptors (Lipinski definition) is 2. The predicted molar refractivity (Wildman–Crippen MR) is 55.9 cm³/mol. The first kappa shape index (κ1) is 9.97. The molecule has 0 bridgehead atoms. The summed E-state index contributed by atoms with van der Waals surface area (Å²) in [6, 6.07) is 0. The van der Waals surface area contributed by atoms with Gasteiger partial charge in [-0.3, -0.25) is 4.79 Å². The smallest absolute Gasteiger partial charge is 0.227 e. The monoisotopic (exact) mass is 196 g/mol. The number of amides is 1. The van der Waals surface area contributed by atoms with Crippen molar-refractivity contribution in [3.8, 4) is 0 Å². The van der Waals surface area contributed by atoms with Crippen LogP contribution in [0.2, 0.25) is 0 Å². The Bertz CT molecular complexity index is 219. The fourth-order valence-electron chi connectivity index (χ4n) is 2.09. The Morgan fingerprint density at radius 2 is 2.14 bits per heavy atom. The first-order valence-corrected chi connectivity index (χ1v) is 5.70. The maximum atomic E-state index is 11.8. The molecule has 2 N–H and O–H groups in total. The molecule has 3 heteroatoms. The van der Waals surface area contributed by atoms with E-state index in [2.05, 4.69) is 10.6 Å². The third kappa shape index (κ3) is 1.92. The lowest BCUT2D eigenvalue weighted by molar-refractivity contribution is -0.126. The SMILES string of the molecule is CNCC1(C(=O)NCC2CCC2)CC1. The normalized spacial score (nSPS) is 24.1. The summed E-state index contributed by atoms with van der Waals surface area (Å²) in [5.41, 5.74) is -0.0432. The van der Waals surface area contributed by atoms with Gasteiger partial charge in [-0.05, 0) is 38.6 Å². The summed E-state index contributed by atoms with van der Waals surface area (Å²) in [4.78, 5) is 11.8. The second-order valence-corrected chi connectivity index (χ2v) is 4.82. The van der Waals surface area contributed by atoms with Gasteiger partial charge in [-0.1, -0.05) is 6.42 Å². The van der Waals surface area contributed by atoms with Gasteiger partial charge in [-0.25, -0.2) is 0 Å². The van der Waals surface area contributed by atoms with Gasteiger partial charge in [-0.2, -0.15) is 0 Å². The molecule has 0 aromatic carbocycles. The van der Waals surface area contributed by atoms with Crippen LogP contribution in [0.5, 0.6) is 0 Å². The van der Waals surface area contributed by atoms with Crippen molar-refractivity contribution >= 4 is 5.91 Å². The van der Waals surface area contributed by atoms with Crippen LogP contribution in [0, 0.1) is 11.3 Å². The standard InChI is InChI=1S/C11H20N2O/c1-12-8-11(5-6-11)10(14)13-7-9-3-2-4-9/h9,12H,2-8H2,1H3,(H,13,14). The number of nitrogens with one attached hydrogen (secondary N) is 2.